The first kappa shape index (κ1) is 30.2. The SMILES string of the molecule is CC(C)[C@@H](NC(=O)OC(C)(C)C)C(=O)N1CCCC[C@@H]1CN(C)c1ncc(B2OC(C)(C)C(C)(C)O2)cn1. The number of carbonyl (C=O) groups is 2. The summed E-state index contributed by atoms with van der Waals surface area (Å²) in [5.74, 6) is 0.401. The van der Waals surface area contributed by atoms with Gasteiger partial charge in [0.2, 0.25) is 11.9 Å². The highest BCUT2D eigenvalue weighted by atomic mass is 16.7. The zero-order chi connectivity index (χ0) is 28.5. The summed E-state index contributed by atoms with van der Waals surface area (Å²) in [6.07, 6.45) is 5.75. The molecule has 1 aromatic heterocycles. The van der Waals surface area contributed by atoms with E-state index in [1.807, 2.05) is 58.4 Å². The van der Waals surface area contributed by atoms with Crippen LogP contribution in [0.1, 0.15) is 81.6 Å². The minimum Gasteiger partial charge on any atom is -0.444 e. The normalized spacial score (nSPS) is 21.8. The van der Waals surface area contributed by atoms with Gasteiger partial charge in [-0.15, -0.1) is 0 Å². The molecule has 2 atom stereocenters. The number of amides is 2. The fraction of sp³-hybridized carbons (Fsp3) is 0.778. The smallest absolute Gasteiger partial charge is 0.444 e. The van der Waals surface area contributed by atoms with Crippen LogP contribution in [-0.4, -0.2) is 83.0 Å². The zero-order valence-corrected chi connectivity index (χ0v) is 24.8. The summed E-state index contributed by atoms with van der Waals surface area (Å²) in [6, 6.07) is -0.680. The number of ether oxygens (including phenoxy) is 1. The monoisotopic (exact) mass is 531 g/mol. The van der Waals surface area contributed by atoms with Crippen molar-refractivity contribution in [1.82, 2.24) is 20.2 Å². The maximum Gasteiger partial charge on any atom is 0.498 e. The first-order valence-corrected chi connectivity index (χ1v) is 13.7. The third kappa shape index (κ3) is 7.17. The van der Waals surface area contributed by atoms with E-state index in [1.54, 1.807) is 33.2 Å². The Kier molecular flexibility index (Phi) is 9.03. The number of nitrogens with zero attached hydrogens (tertiary/aromatic N) is 4. The third-order valence-electron chi connectivity index (χ3n) is 7.52. The van der Waals surface area contributed by atoms with Crippen molar-refractivity contribution in [2.45, 2.75) is 110 Å². The van der Waals surface area contributed by atoms with Gasteiger partial charge in [-0.3, -0.25) is 4.79 Å². The number of aromatic nitrogens is 2. The molecular formula is C27H46BN5O5. The second-order valence-electron chi connectivity index (χ2n) is 12.8. The fourth-order valence-electron chi connectivity index (χ4n) is 4.63. The molecule has 0 spiro atoms. The number of hydrogen-bond donors (Lipinski definition) is 1. The lowest BCUT2D eigenvalue weighted by molar-refractivity contribution is -0.138. The Labute approximate surface area is 228 Å². The predicted molar refractivity (Wildman–Crippen MR) is 148 cm³/mol. The van der Waals surface area contributed by atoms with Crippen molar-refractivity contribution in [3.05, 3.63) is 12.4 Å². The lowest BCUT2D eigenvalue weighted by atomic mass is 9.81. The highest BCUT2D eigenvalue weighted by Crippen LogP contribution is 2.36. The molecule has 2 amide bonds. The molecule has 0 aromatic carbocycles. The summed E-state index contributed by atoms with van der Waals surface area (Å²) in [5.41, 5.74) is -0.737. The number of alkyl carbamates (subject to hydrolysis) is 1. The molecular weight excluding hydrogens is 485 g/mol. The first-order valence-electron chi connectivity index (χ1n) is 13.7. The molecule has 1 aromatic rings. The van der Waals surface area contributed by atoms with Crippen molar-refractivity contribution < 1.29 is 23.6 Å². The van der Waals surface area contributed by atoms with E-state index in [4.69, 9.17) is 14.0 Å². The second kappa shape index (κ2) is 11.4. The van der Waals surface area contributed by atoms with Gasteiger partial charge in [0.25, 0.3) is 0 Å². The minimum atomic E-state index is -0.661. The van der Waals surface area contributed by atoms with Gasteiger partial charge in [-0.05, 0) is 73.6 Å². The lowest BCUT2D eigenvalue weighted by Crippen LogP contribution is -2.57. The van der Waals surface area contributed by atoms with Gasteiger partial charge >= 0.3 is 13.2 Å². The summed E-state index contributed by atoms with van der Waals surface area (Å²) in [4.78, 5) is 39.1. The molecule has 0 saturated carbocycles. The molecule has 11 heteroatoms. The van der Waals surface area contributed by atoms with Gasteiger partial charge in [-0.25, -0.2) is 14.8 Å². The van der Waals surface area contributed by atoms with Crippen LogP contribution in [0.25, 0.3) is 0 Å². The van der Waals surface area contributed by atoms with Crippen LogP contribution in [-0.2, 0) is 18.8 Å². The van der Waals surface area contributed by atoms with E-state index in [0.29, 0.717) is 19.0 Å². The van der Waals surface area contributed by atoms with Crippen LogP contribution < -0.4 is 15.7 Å². The molecule has 0 unspecified atom stereocenters. The molecule has 0 aliphatic carbocycles. The van der Waals surface area contributed by atoms with E-state index in [1.165, 1.54) is 0 Å². The van der Waals surface area contributed by atoms with Crippen molar-refractivity contribution in [2.24, 2.45) is 5.92 Å². The molecule has 3 rings (SSSR count). The van der Waals surface area contributed by atoms with Crippen LogP contribution in [0.15, 0.2) is 12.4 Å². The van der Waals surface area contributed by atoms with Crippen molar-refractivity contribution >= 4 is 30.5 Å². The molecule has 0 radical (unpaired) electrons. The Morgan fingerprint density at radius 3 is 2.26 bits per heavy atom. The van der Waals surface area contributed by atoms with Crippen LogP contribution in [0.2, 0.25) is 0 Å². The summed E-state index contributed by atoms with van der Waals surface area (Å²) >= 11 is 0. The molecule has 1 N–H and O–H groups in total. The van der Waals surface area contributed by atoms with E-state index < -0.39 is 36.1 Å². The van der Waals surface area contributed by atoms with Crippen molar-refractivity contribution in [1.29, 1.82) is 0 Å². The Morgan fingerprint density at radius 1 is 1.16 bits per heavy atom. The van der Waals surface area contributed by atoms with Crippen LogP contribution in [0.5, 0.6) is 0 Å². The third-order valence-corrected chi connectivity index (χ3v) is 7.52. The number of likely N-dealkylation sites (N-methyl/N-ethyl adjacent to an activating group) is 1. The summed E-state index contributed by atoms with van der Waals surface area (Å²) < 4.78 is 17.6. The van der Waals surface area contributed by atoms with Crippen molar-refractivity contribution in [3.63, 3.8) is 0 Å². The zero-order valence-electron chi connectivity index (χ0n) is 24.8. The summed E-state index contributed by atoms with van der Waals surface area (Å²) in [5, 5.41) is 2.81. The average Bonchev–Trinajstić information content (AvgIpc) is 3.03. The van der Waals surface area contributed by atoms with Gasteiger partial charge in [0.15, 0.2) is 0 Å². The maximum absolute atomic E-state index is 13.6. The number of rotatable bonds is 7. The molecule has 38 heavy (non-hydrogen) atoms. The number of piperidine rings is 1. The van der Waals surface area contributed by atoms with E-state index >= 15 is 0 Å². The first-order chi connectivity index (χ1) is 17.5. The maximum atomic E-state index is 13.6. The molecule has 212 valence electrons. The molecule has 2 aliphatic heterocycles. The van der Waals surface area contributed by atoms with Gasteiger partial charge in [0.1, 0.15) is 11.6 Å². The van der Waals surface area contributed by atoms with Crippen LogP contribution in [0, 0.1) is 5.92 Å². The van der Waals surface area contributed by atoms with Gasteiger partial charge in [-0.2, -0.15) is 0 Å². The quantitative estimate of drug-likeness (QED) is 0.535. The van der Waals surface area contributed by atoms with E-state index in [0.717, 1.165) is 24.7 Å². The summed E-state index contributed by atoms with van der Waals surface area (Å²) in [7, 11) is 1.41. The van der Waals surface area contributed by atoms with E-state index in [-0.39, 0.29) is 17.9 Å². The van der Waals surface area contributed by atoms with Crippen LogP contribution >= 0.6 is 0 Å². The lowest BCUT2D eigenvalue weighted by Gasteiger charge is -2.40. The van der Waals surface area contributed by atoms with E-state index in [2.05, 4.69) is 15.3 Å². The minimum absolute atomic E-state index is 0.0192. The number of anilines is 1. The Bertz CT molecular complexity index is 963. The van der Waals surface area contributed by atoms with Crippen molar-refractivity contribution in [2.75, 3.05) is 25.0 Å². The topological polar surface area (TPSA) is 106 Å². The van der Waals surface area contributed by atoms with Gasteiger partial charge < -0.3 is 29.2 Å². The predicted octanol–water partition coefficient (Wildman–Crippen LogP) is 3.14. The fourth-order valence-corrected chi connectivity index (χ4v) is 4.63. The van der Waals surface area contributed by atoms with E-state index in [9.17, 15) is 9.59 Å². The highest BCUT2D eigenvalue weighted by molar-refractivity contribution is 6.61. The van der Waals surface area contributed by atoms with Crippen molar-refractivity contribution in [3.8, 4) is 0 Å². The highest BCUT2D eigenvalue weighted by Gasteiger charge is 2.52. The van der Waals surface area contributed by atoms with Gasteiger partial charge in [0, 0.05) is 44.0 Å². The molecule has 2 fully saturated rings. The molecule has 10 nitrogen and oxygen atoms in total. The standard InChI is InChI=1S/C27H46BN5O5/c1-18(2)21(31-24(35)36-25(3,4)5)22(34)33-14-12-11-13-20(33)17-32(10)23-29-15-19(16-30-23)28-37-26(6,7)27(8,9)38-28/h15-16,18,20-21H,11-14,17H2,1-10H3,(H,31,35)/t20-,21-/m1/s1. The van der Waals surface area contributed by atoms with Gasteiger partial charge in [-0.1, -0.05) is 13.8 Å². The summed E-state index contributed by atoms with van der Waals surface area (Å²) in [6.45, 7) is 18.6. The Balaban J connectivity index is 1.67. The molecule has 0 bridgehead atoms. The second-order valence-corrected chi connectivity index (χ2v) is 12.8. The van der Waals surface area contributed by atoms with Crippen LogP contribution in [0.4, 0.5) is 10.7 Å². The molecule has 3 heterocycles. The number of carbonyl (C=O) groups excluding carboxylic acids is 2. The largest absolute Gasteiger partial charge is 0.498 e. The number of nitrogens with one attached hydrogen (secondary N) is 1. The molecule has 2 aliphatic rings. The number of hydrogen-bond acceptors (Lipinski definition) is 8. The Hall–Kier alpha value is -2.40. The Morgan fingerprint density at radius 2 is 1.74 bits per heavy atom. The average molecular weight is 532 g/mol. The molecule has 2 saturated heterocycles. The number of likely N-dealkylation sites (tertiary alicyclic amines) is 1. The van der Waals surface area contributed by atoms with Crippen LogP contribution in [0.3, 0.4) is 0 Å². The van der Waals surface area contributed by atoms with Gasteiger partial charge in [0.05, 0.1) is 11.2 Å².